The maximum Gasteiger partial charge on any atom is 0.355 e. The Morgan fingerprint density at radius 2 is 1.92 bits per heavy atom. The molecule has 0 radical (unpaired) electrons. The molecule has 0 aliphatic carbocycles. The highest BCUT2D eigenvalue weighted by Gasteiger charge is 2.13. The second kappa shape index (κ2) is 7.36. The van der Waals surface area contributed by atoms with Crippen LogP contribution in [0.15, 0.2) is 47.8 Å². The number of ether oxygens (including phenoxy) is 2. The predicted molar refractivity (Wildman–Crippen MR) is 96.6 cm³/mol. The molecule has 2 aromatic carbocycles. The summed E-state index contributed by atoms with van der Waals surface area (Å²) in [6, 6.07) is 13.6. The molecule has 5 nitrogen and oxygen atoms in total. The minimum atomic E-state index is -1.04. The molecule has 3 rings (SSSR count). The molecule has 3 aromatic rings. The van der Waals surface area contributed by atoms with Gasteiger partial charge >= 0.3 is 5.97 Å². The number of methoxy groups -OCH3 is 1. The van der Waals surface area contributed by atoms with Crippen LogP contribution in [0.1, 0.15) is 21.6 Å². The second-order valence-corrected chi connectivity index (χ2v) is 6.34. The molecule has 6 heteroatoms. The van der Waals surface area contributed by atoms with Gasteiger partial charge in [-0.05, 0) is 30.7 Å². The normalized spacial score (nSPS) is 10.5. The molecule has 1 N–H and O–H groups in total. The molecule has 0 saturated heterocycles. The molecule has 0 amide bonds. The molecule has 0 fully saturated rings. The number of hydrogen-bond donors (Lipinski definition) is 1. The molecule has 0 spiro atoms. The Hall–Kier alpha value is -2.86. The molecule has 0 unspecified atom stereocenters. The maximum atomic E-state index is 11.0. The van der Waals surface area contributed by atoms with Gasteiger partial charge in [-0.2, -0.15) is 0 Å². The Kier molecular flexibility index (Phi) is 5.00. The first kappa shape index (κ1) is 17.0. The van der Waals surface area contributed by atoms with Crippen molar-refractivity contribution < 1.29 is 19.4 Å². The summed E-state index contributed by atoms with van der Waals surface area (Å²) in [5.74, 6) is 0.172. The second-order valence-electron chi connectivity index (χ2n) is 5.48. The number of thiazole rings is 1. The average Bonchev–Trinajstić information content (AvgIpc) is 3.11. The van der Waals surface area contributed by atoms with Crippen molar-refractivity contribution in [2.75, 3.05) is 7.11 Å². The van der Waals surface area contributed by atoms with Gasteiger partial charge in [0.05, 0.1) is 7.11 Å². The molecule has 25 heavy (non-hydrogen) atoms. The van der Waals surface area contributed by atoms with E-state index in [2.05, 4.69) is 4.98 Å². The lowest BCUT2D eigenvalue weighted by molar-refractivity contribution is 0.0691. The third-order valence-electron chi connectivity index (χ3n) is 3.65. The van der Waals surface area contributed by atoms with E-state index in [0.717, 1.165) is 11.1 Å². The molecule has 1 heterocycles. The third-order valence-corrected chi connectivity index (χ3v) is 4.54. The number of rotatable bonds is 6. The maximum absolute atomic E-state index is 11.0. The van der Waals surface area contributed by atoms with Crippen LogP contribution in [0.3, 0.4) is 0 Å². The van der Waals surface area contributed by atoms with Crippen molar-refractivity contribution in [1.29, 1.82) is 0 Å². The van der Waals surface area contributed by atoms with Crippen LogP contribution in [-0.4, -0.2) is 23.2 Å². The van der Waals surface area contributed by atoms with Gasteiger partial charge in [-0.25, -0.2) is 9.78 Å². The van der Waals surface area contributed by atoms with Crippen LogP contribution in [0.25, 0.3) is 10.6 Å². The first-order valence-electron chi connectivity index (χ1n) is 7.62. The Labute approximate surface area is 149 Å². The number of aromatic nitrogens is 1. The van der Waals surface area contributed by atoms with Gasteiger partial charge in [-0.3, -0.25) is 0 Å². The van der Waals surface area contributed by atoms with Gasteiger partial charge in [0.2, 0.25) is 0 Å². The number of aromatic carboxylic acids is 1. The van der Waals surface area contributed by atoms with E-state index in [4.69, 9.17) is 14.6 Å². The molecule has 0 atom stereocenters. The highest BCUT2D eigenvalue weighted by Crippen LogP contribution is 2.34. The molecule has 128 valence electrons. The number of carboxylic acids is 1. The lowest BCUT2D eigenvalue weighted by Gasteiger charge is -2.12. The number of carbonyl (C=O) groups is 1. The highest BCUT2D eigenvalue weighted by molar-refractivity contribution is 7.13. The van der Waals surface area contributed by atoms with Crippen molar-refractivity contribution in [1.82, 2.24) is 4.98 Å². The van der Waals surface area contributed by atoms with Crippen LogP contribution in [-0.2, 0) is 6.61 Å². The van der Waals surface area contributed by atoms with Crippen molar-refractivity contribution in [3.8, 4) is 22.1 Å². The monoisotopic (exact) mass is 355 g/mol. The van der Waals surface area contributed by atoms with E-state index in [1.807, 2.05) is 43.3 Å². The van der Waals surface area contributed by atoms with Gasteiger partial charge in [0.25, 0.3) is 0 Å². The minimum absolute atomic E-state index is 0.0398. The summed E-state index contributed by atoms with van der Waals surface area (Å²) in [5, 5.41) is 11.2. The summed E-state index contributed by atoms with van der Waals surface area (Å²) in [5.41, 5.74) is 3.08. The summed E-state index contributed by atoms with van der Waals surface area (Å²) in [4.78, 5) is 15.1. The summed E-state index contributed by atoms with van der Waals surface area (Å²) >= 11 is 1.28. The largest absolute Gasteiger partial charge is 0.493 e. The zero-order chi connectivity index (χ0) is 17.8. The topological polar surface area (TPSA) is 68.7 Å². The summed E-state index contributed by atoms with van der Waals surface area (Å²) in [6.45, 7) is 2.45. The lowest BCUT2D eigenvalue weighted by atomic mass is 10.1. The molecular formula is C19H17NO4S. The van der Waals surface area contributed by atoms with Gasteiger partial charge in [0, 0.05) is 10.9 Å². The zero-order valence-electron chi connectivity index (χ0n) is 13.9. The number of benzene rings is 2. The van der Waals surface area contributed by atoms with E-state index < -0.39 is 5.97 Å². The molecule has 0 aliphatic heterocycles. The van der Waals surface area contributed by atoms with E-state index in [-0.39, 0.29) is 5.69 Å². The Morgan fingerprint density at radius 1 is 1.16 bits per heavy atom. The van der Waals surface area contributed by atoms with Gasteiger partial charge in [0.1, 0.15) is 11.6 Å². The summed E-state index contributed by atoms with van der Waals surface area (Å²) in [6.07, 6.45) is 0. The summed E-state index contributed by atoms with van der Waals surface area (Å²) < 4.78 is 11.3. The van der Waals surface area contributed by atoms with Gasteiger partial charge < -0.3 is 14.6 Å². The van der Waals surface area contributed by atoms with Crippen molar-refractivity contribution >= 4 is 17.3 Å². The van der Waals surface area contributed by atoms with Crippen LogP contribution in [0.4, 0.5) is 0 Å². The Bertz CT molecular complexity index is 887. The van der Waals surface area contributed by atoms with Crippen LogP contribution in [0.2, 0.25) is 0 Å². The molecule has 0 bridgehead atoms. The van der Waals surface area contributed by atoms with Crippen LogP contribution in [0, 0.1) is 6.92 Å². The van der Waals surface area contributed by atoms with Crippen molar-refractivity contribution in [2.45, 2.75) is 13.5 Å². The van der Waals surface area contributed by atoms with E-state index >= 15 is 0 Å². The fraction of sp³-hybridized carbons (Fsp3) is 0.158. The van der Waals surface area contributed by atoms with Crippen LogP contribution < -0.4 is 9.47 Å². The smallest absolute Gasteiger partial charge is 0.355 e. The van der Waals surface area contributed by atoms with E-state index in [0.29, 0.717) is 23.1 Å². The van der Waals surface area contributed by atoms with E-state index in [1.165, 1.54) is 22.3 Å². The quantitative estimate of drug-likeness (QED) is 0.709. The van der Waals surface area contributed by atoms with E-state index in [9.17, 15) is 4.79 Å². The standard InChI is InChI=1S/C19H17NO4S/c1-12-3-5-13(6-4-12)10-24-17-9-14(7-8-16(17)23-2)18-20-15(11-25-18)19(21)22/h3-9,11H,10H2,1-2H3,(H,21,22). The zero-order valence-corrected chi connectivity index (χ0v) is 14.7. The molecule has 0 saturated carbocycles. The Balaban J connectivity index is 1.84. The van der Waals surface area contributed by atoms with Crippen molar-refractivity contribution in [3.63, 3.8) is 0 Å². The van der Waals surface area contributed by atoms with Gasteiger partial charge in [0.15, 0.2) is 17.2 Å². The van der Waals surface area contributed by atoms with Gasteiger partial charge in [-0.1, -0.05) is 29.8 Å². The average molecular weight is 355 g/mol. The number of aryl methyl sites for hydroxylation is 1. The number of carboxylic acid groups (broad SMARTS) is 1. The summed E-state index contributed by atoms with van der Waals surface area (Å²) in [7, 11) is 1.58. The van der Waals surface area contributed by atoms with Crippen LogP contribution in [0.5, 0.6) is 11.5 Å². The van der Waals surface area contributed by atoms with Crippen molar-refractivity contribution in [3.05, 3.63) is 64.7 Å². The van der Waals surface area contributed by atoms with Crippen molar-refractivity contribution in [2.24, 2.45) is 0 Å². The predicted octanol–water partition coefficient (Wildman–Crippen LogP) is 4.40. The SMILES string of the molecule is COc1ccc(-c2nc(C(=O)O)cs2)cc1OCc1ccc(C)cc1. The number of nitrogens with zero attached hydrogens (tertiary/aromatic N) is 1. The lowest BCUT2D eigenvalue weighted by Crippen LogP contribution is -1.98. The van der Waals surface area contributed by atoms with Crippen LogP contribution >= 0.6 is 11.3 Å². The third kappa shape index (κ3) is 3.97. The number of hydrogen-bond acceptors (Lipinski definition) is 5. The fourth-order valence-electron chi connectivity index (χ4n) is 2.27. The first-order valence-corrected chi connectivity index (χ1v) is 8.50. The molecular weight excluding hydrogens is 338 g/mol. The molecule has 0 aliphatic rings. The first-order chi connectivity index (χ1) is 12.1. The highest BCUT2D eigenvalue weighted by atomic mass is 32.1. The molecule has 1 aromatic heterocycles. The minimum Gasteiger partial charge on any atom is -0.493 e. The van der Waals surface area contributed by atoms with E-state index in [1.54, 1.807) is 13.2 Å². The fourth-order valence-corrected chi connectivity index (χ4v) is 3.06. The Morgan fingerprint density at radius 3 is 2.56 bits per heavy atom. The van der Waals surface area contributed by atoms with Gasteiger partial charge in [-0.15, -0.1) is 11.3 Å².